The molecule has 0 aliphatic carbocycles. The van der Waals surface area contributed by atoms with Crippen molar-refractivity contribution in [1.82, 2.24) is 0 Å². The molecule has 0 bridgehead atoms. The lowest BCUT2D eigenvalue weighted by Gasteiger charge is -2.32. The van der Waals surface area contributed by atoms with Crippen LogP contribution in [0, 0.1) is 0 Å². The molecule has 1 nitrogen and oxygen atoms in total. The molecule has 18 heavy (non-hydrogen) atoms. The molecule has 3 unspecified atom stereocenters. The first-order chi connectivity index (χ1) is 8.77. The average molecular weight is 281 g/mol. The van der Waals surface area contributed by atoms with E-state index in [2.05, 4.69) is 60.8 Å². The van der Waals surface area contributed by atoms with Crippen LogP contribution in [0.25, 0.3) is 0 Å². The van der Waals surface area contributed by atoms with Gasteiger partial charge in [0.1, 0.15) is 0 Å². The summed E-state index contributed by atoms with van der Waals surface area (Å²) in [6.45, 7) is 2.33. The zero-order chi connectivity index (χ0) is 12.8. The lowest BCUT2D eigenvalue weighted by molar-refractivity contribution is 0.555. The zero-order valence-corrected chi connectivity index (χ0v) is 12.7. The highest BCUT2D eigenvalue weighted by molar-refractivity contribution is 8.07. The summed E-state index contributed by atoms with van der Waals surface area (Å²) in [5.74, 6) is 2.56. The summed E-state index contributed by atoms with van der Waals surface area (Å²) in [5, 5.41) is 1.37. The third-order valence-corrected chi connectivity index (χ3v) is 6.78. The smallest absolute Gasteiger partial charge is 0.0315 e. The summed E-state index contributed by atoms with van der Waals surface area (Å²) < 4.78 is 0. The first-order valence-electron chi connectivity index (χ1n) is 6.80. The molecule has 0 amide bonds. The Labute approximate surface area is 119 Å². The number of hydrogen-bond donors (Lipinski definition) is 1. The maximum absolute atomic E-state index is 6.37. The van der Waals surface area contributed by atoms with Crippen LogP contribution in [-0.2, 0) is 6.42 Å². The molecule has 1 aromatic rings. The molecule has 1 fully saturated rings. The molecule has 1 heterocycles. The van der Waals surface area contributed by atoms with Gasteiger partial charge in [0.2, 0.25) is 0 Å². The first-order valence-corrected chi connectivity index (χ1v) is 8.90. The van der Waals surface area contributed by atoms with Crippen LogP contribution in [-0.4, -0.2) is 28.0 Å². The summed E-state index contributed by atoms with van der Waals surface area (Å²) in [7, 11) is 0. The maximum atomic E-state index is 6.37. The van der Waals surface area contributed by atoms with Crippen LogP contribution in [0.5, 0.6) is 0 Å². The van der Waals surface area contributed by atoms with E-state index in [9.17, 15) is 0 Å². The second-order valence-electron chi connectivity index (χ2n) is 4.95. The molecule has 3 atom stereocenters. The van der Waals surface area contributed by atoms with E-state index in [-0.39, 0.29) is 0 Å². The van der Waals surface area contributed by atoms with Crippen LogP contribution in [0.15, 0.2) is 30.3 Å². The minimum atomic E-state index is 0.363. The van der Waals surface area contributed by atoms with E-state index < -0.39 is 0 Å². The normalized spacial score (nSPS) is 25.9. The first kappa shape index (κ1) is 14.3. The Morgan fingerprint density at radius 3 is 2.67 bits per heavy atom. The molecule has 1 aliphatic heterocycles. The predicted octanol–water partition coefficient (Wildman–Crippen LogP) is 3.57. The van der Waals surface area contributed by atoms with Crippen LogP contribution in [0.1, 0.15) is 25.3 Å². The Balaban J connectivity index is 1.72. The van der Waals surface area contributed by atoms with E-state index in [4.69, 9.17) is 5.73 Å². The fraction of sp³-hybridized carbons (Fsp3) is 0.600. The SMILES string of the molecule is CC1SCCSC1C(N)CCCc1ccccc1. The van der Waals surface area contributed by atoms with Crippen molar-refractivity contribution >= 4 is 23.5 Å². The highest BCUT2D eigenvalue weighted by Crippen LogP contribution is 2.33. The van der Waals surface area contributed by atoms with E-state index in [0.29, 0.717) is 11.3 Å². The molecule has 1 aliphatic rings. The average Bonchev–Trinajstić information content (AvgIpc) is 2.40. The lowest BCUT2D eigenvalue weighted by atomic mass is 10.0. The van der Waals surface area contributed by atoms with Crippen LogP contribution < -0.4 is 5.73 Å². The van der Waals surface area contributed by atoms with Gasteiger partial charge in [-0.1, -0.05) is 37.3 Å². The Morgan fingerprint density at radius 1 is 1.22 bits per heavy atom. The molecule has 0 aromatic heterocycles. The molecule has 100 valence electrons. The Kier molecular flexibility index (Phi) is 5.93. The topological polar surface area (TPSA) is 26.0 Å². The number of hydrogen-bond acceptors (Lipinski definition) is 3. The number of thioether (sulfide) groups is 2. The third kappa shape index (κ3) is 4.22. The predicted molar refractivity (Wildman–Crippen MR) is 85.5 cm³/mol. The van der Waals surface area contributed by atoms with Crippen molar-refractivity contribution in [3.63, 3.8) is 0 Å². The van der Waals surface area contributed by atoms with Gasteiger partial charge in [-0.2, -0.15) is 23.5 Å². The number of rotatable bonds is 5. The van der Waals surface area contributed by atoms with Gasteiger partial charge in [-0.25, -0.2) is 0 Å². The summed E-state index contributed by atoms with van der Waals surface area (Å²) >= 11 is 4.16. The molecule has 1 saturated heterocycles. The summed E-state index contributed by atoms with van der Waals surface area (Å²) in [6, 6.07) is 11.1. The standard InChI is InChI=1S/C15H23NS2/c1-12-15(18-11-10-17-12)14(16)9-5-8-13-6-3-2-4-7-13/h2-4,6-7,12,14-15H,5,8-11,16H2,1H3. The van der Waals surface area contributed by atoms with Crippen molar-refractivity contribution in [2.75, 3.05) is 11.5 Å². The largest absolute Gasteiger partial charge is 0.327 e. The quantitative estimate of drug-likeness (QED) is 0.893. The second kappa shape index (κ2) is 7.46. The lowest BCUT2D eigenvalue weighted by Crippen LogP contribution is -2.40. The van der Waals surface area contributed by atoms with E-state index >= 15 is 0 Å². The van der Waals surface area contributed by atoms with Crippen molar-refractivity contribution in [3.05, 3.63) is 35.9 Å². The minimum absolute atomic E-state index is 0.363. The van der Waals surface area contributed by atoms with Crippen molar-refractivity contribution < 1.29 is 0 Å². The Bertz CT molecular complexity index is 342. The van der Waals surface area contributed by atoms with Crippen LogP contribution in [0.3, 0.4) is 0 Å². The maximum Gasteiger partial charge on any atom is 0.0315 e. The van der Waals surface area contributed by atoms with Crippen molar-refractivity contribution in [3.8, 4) is 0 Å². The summed E-state index contributed by atoms with van der Waals surface area (Å²) in [4.78, 5) is 0. The minimum Gasteiger partial charge on any atom is -0.327 e. The number of nitrogens with two attached hydrogens (primary N) is 1. The molecule has 2 rings (SSSR count). The van der Waals surface area contributed by atoms with Crippen molar-refractivity contribution in [2.24, 2.45) is 5.73 Å². The third-order valence-electron chi connectivity index (χ3n) is 3.50. The van der Waals surface area contributed by atoms with E-state index in [1.54, 1.807) is 0 Å². The molecule has 0 spiro atoms. The van der Waals surface area contributed by atoms with Gasteiger partial charge in [-0.15, -0.1) is 0 Å². The Hall–Kier alpha value is -0.120. The Morgan fingerprint density at radius 2 is 1.94 bits per heavy atom. The monoisotopic (exact) mass is 281 g/mol. The van der Waals surface area contributed by atoms with Crippen molar-refractivity contribution in [2.45, 2.75) is 42.7 Å². The molecular formula is C15H23NS2. The van der Waals surface area contributed by atoms with E-state index in [1.807, 2.05) is 0 Å². The molecule has 0 radical (unpaired) electrons. The van der Waals surface area contributed by atoms with Gasteiger partial charge >= 0.3 is 0 Å². The number of aryl methyl sites for hydroxylation is 1. The van der Waals surface area contributed by atoms with E-state index in [1.165, 1.54) is 23.5 Å². The zero-order valence-electron chi connectivity index (χ0n) is 11.0. The van der Waals surface area contributed by atoms with Crippen LogP contribution >= 0.6 is 23.5 Å². The van der Waals surface area contributed by atoms with Crippen LogP contribution in [0.2, 0.25) is 0 Å². The fourth-order valence-electron chi connectivity index (χ4n) is 2.47. The molecule has 2 N–H and O–H groups in total. The number of benzene rings is 1. The van der Waals surface area contributed by atoms with Gasteiger partial charge in [0.15, 0.2) is 0 Å². The summed E-state index contributed by atoms with van der Waals surface area (Å²) in [5.41, 5.74) is 7.80. The second-order valence-corrected chi connectivity index (χ2v) is 7.72. The highest BCUT2D eigenvalue weighted by Gasteiger charge is 2.27. The van der Waals surface area contributed by atoms with Gasteiger partial charge in [-0.3, -0.25) is 0 Å². The van der Waals surface area contributed by atoms with Gasteiger partial charge < -0.3 is 5.73 Å². The van der Waals surface area contributed by atoms with Crippen LogP contribution in [0.4, 0.5) is 0 Å². The molecular weight excluding hydrogens is 258 g/mol. The van der Waals surface area contributed by atoms with Gasteiger partial charge in [0.05, 0.1) is 0 Å². The molecule has 1 aromatic carbocycles. The van der Waals surface area contributed by atoms with Gasteiger partial charge in [-0.05, 0) is 24.8 Å². The van der Waals surface area contributed by atoms with E-state index in [0.717, 1.165) is 18.1 Å². The highest BCUT2D eigenvalue weighted by atomic mass is 32.2. The van der Waals surface area contributed by atoms with Gasteiger partial charge in [0, 0.05) is 28.0 Å². The fourth-order valence-corrected chi connectivity index (χ4v) is 5.40. The molecule has 3 heteroatoms. The summed E-state index contributed by atoms with van der Waals surface area (Å²) in [6.07, 6.45) is 3.52. The molecule has 0 saturated carbocycles. The van der Waals surface area contributed by atoms with Gasteiger partial charge in [0.25, 0.3) is 0 Å². The van der Waals surface area contributed by atoms with Crippen molar-refractivity contribution in [1.29, 1.82) is 0 Å².